The van der Waals surface area contributed by atoms with Gasteiger partial charge in [-0.3, -0.25) is 5.84 Å². The summed E-state index contributed by atoms with van der Waals surface area (Å²) in [5.41, 5.74) is 4.12. The number of aromatic nitrogens is 2. The van der Waals surface area contributed by atoms with E-state index in [1.165, 1.54) is 20.4 Å². The Morgan fingerprint density at radius 2 is 2.10 bits per heavy atom. The molecule has 0 saturated carbocycles. The van der Waals surface area contributed by atoms with Gasteiger partial charge in [-0.15, -0.1) is 0 Å². The molecule has 1 unspecified atom stereocenters. The van der Waals surface area contributed by atoms with E-state index in [1.807, 2.05) is 12.1 Å². The van der Waals surface area contributed by atoms with E-state index in [2.05, 4.69) is 31.3 Å². The molecule has 0 fully saturated rings. The number of hydrogen-bond donors (Lipinski definition) is 2. The van der Waals surface area contributed by atoms with Gasteiger partial charge in [0.1, 0.15) is 5.69 Å². The normalized spacial score (nSPS) is 12.0. The van der Waals surface area contributed by atoms with Crippen LogP contribution in [0.1, 0.15) is 17.3 Å². The Morgan fingerprint density at radius 1 is 1.33 bits per heavy atom. The molecule has 2 rings (SSSR count). The molecular weight excluding hydrogens is 360 g/mol. The van der Waals surface area contributed by atoms with Crippen molar-refractivity contribution in [1.29, 1.82) is 0 Å². The molecule has 1 aromatic heterocycles. The van der Waals surface area contributed by atoms with Crippen LogP contribution in [-0.4, -0.2) is 24.2 Å². The van der Waals surface area contributed by atoms with Gasteiger partial charge in [0.05, 0.1) is 31.5 Å². The van der Waals surface area contributed by atoms with Gasteiger partial charge in [-0.25, -0.2) is 10.4 Å². The molecule has 21 heavy (non-hydrogen) atoms. The van der Waals surface area contributed by atoms with Gasteiger partial charge in [0.25, 0.3) is 0 Å². The van der Waals surface area contributed by atoms with Gasteiger partial charge in [-0.1, -0.05) is 17.7 Å². The third kappa shape index (κ3) is 3.44. The summed E-state index contributed by atoms with van der Waals surface area (Å²) in [7, 11) is 3.02. The summed E-state index contributed by atoms with van der Waals surface area (Å²) in [6.45, 7) is 0. The van der Waals surface area contributed by atoms with Gasteiger partial charge in [-0.05, 0) is 33.6 Å². The maximum absolute atomic E-state index is 6.00. The number of ether oxygens (including phenoxy) is 2. The number of nitrogens with zero attached hydrogens (tertiary/aromatic N) is 2. The number of benzene rings is 1. The van der Waals surface area contributed by atoms with Gasteiger partial charge in [0, 0.05) is 4.47 Å². The number of methoxy groups -OCH3 is 2. The molecule has 0 bridgehead atoms. The lowest BCUT2D eigenvalue weighted by Gasteiger charge is -2.18. The Hall–Kier alpha value is -1.41. The fourth-order valence-corrected chi connectivity index (χ4v) is 2.35. The molecule has 0 amide bonds. The highest BCUT2D eigenvalue weighted by molar-refractivity contribution is 9.10. The highest BCUT2D eigenvalue weighted by atomic mass is 79.9. The molecule has 0 radical (unpaired) electrons. The van der Waals surface area contributed by atoms with E-state index in [1.54, 1.807) is 6.07 Å². The Kier molecular flexibility index (Phi) is 5.35. The maximum atomic E-state index is 6.00. The van der Waals surface area contributed by atoms with E-state index in [0.717, 1.165) is 10.0 Å². The molecule has 1 aromatic carbocycles. The quantitative estimate of drug-likeness (QED) is 0.619. The molecule has 6 nitrogen and oxygen atoms in total. The summed E-state index contributed by atoms with van der Waals surface area (Å²) >= 11 is 9.39. The predicted molar refractivity (Wildman–Crippen MR) is 83.5 cm³/mol. The van der Waals surface area contributed by atoms with Gasteiger partial charge in [0.15, 0.2) is 0 Å². The zero-order valence-corrected chi connectivity index (χ0v) is 13.8. The Labute approximate surface area is 135 Å². The third-order valence-corrected chi connectivity index (χ3v) is 4.08. The van der Waals surface area contributed by atoms with Crippen molar-refractivity contribution in [2.75, 3.05) is 14.2 Å². The van der Waals surface area contributed by atoms with Gasteiger partial charge in [0.2, 0.25) is 11.8 Å². The lowest BCUT2D eigenvalue weighted by molar-refractivity contribution is 0.352. The summed E-state index contributed by atoms with van der Waals surface area (Å²) in [5.74, 6) is 6.37. The van der Waals surface area contributed by atoms with Gasteiger partial charge in [-0.2, -0.15) is 4.98 Å². The Bertz CT molecular complexity index is 642. The monoisotopic (exact) mass is 372 g/mol. The molecule has 0 aliphatic rings. The SMILES string of the molecule is COc1cnc(C(NN)c2ccc(Cl)c(Br)c2)c(OC)n1. The largest absolute Gasteiger partial charge is 0.480 e. The van der Waals surface area contributed by atoms with Crippen LogP contribution < -0.4 is 20.7 Å². The maximum Gasteiger partial charge on any atom is 0.240 e. The first-order valence-electron chi connectivity index (χ1n) is 5.96. The topological polar surface area (TPSA) is 82.3 Å². The number of nitrogens with one attached hydrogen (secondary N) is 1. The summed E-state index contributed by atoms with van der Waals surface area (Å²) in [6.07, 6.45) is 1.51. The lowest BCUT2D eigenvalue weighted by Crippen LogP contribution is -2.30. The Morgan fingerprint density at radius 3 is 2.67 bits per heavy atom. The van der Waals surface area contributed by atoms with Gasteiger partial charge < -0.3 is 9.47 Å². The number of halogens is 2. The highest BCUT2D eigenvalue weighted by Crippen LogP contribution is 2.31. The number of nitrogens with two attached hydrogens (primary N) is 1. The molecule has 112 valence electrons. The van der Waals surface area contributed by atoms with Crippen molar-refractivity contribution >= 4 is 27.5 Å². The number of hydrogen-bond acceptors (Lipinski definition) is 6. The van der Waals surface area contributed by atoms with Crippen LogP contribution in [0.4, 0.5) is 0 Å². The van der Waals surface area contributed by atoms with Crippen molar-refractivity contribution in [1.82, 2.24) is 15.4 Å². The average Bonchev–Trinajstić information content (AvgIpc) is 2.51. The summed E-state index contributed by atoms with van der Waals surface area (Å²) in [6, 6.07) is 5.09. The van der Waals surface area contributed by atoms with E-state index >= 15 is 0 Å². The van der Waals surface area contributed by atoms with E-state index in [9.17, 15) is 0 Å². The van der Waals surface area contributed by atoms with E-state index in [0.29, 0.717) is 22.5 Å². The highest BCUT2D eigenvalue weighted by Gasteiger charge is 2.21. The molecule has 0 saturated heterocycles. The Balaban J connectivity index is 2.47. The zero-order chi connectivity index (χ0) is 15.4. The van der Waals surface area contributed by atoms with E-state index < -0.39 is 6.04 Å². The molecule has 8 heteroatoms. The van der Waals surface area contributed by atoms with Crippen LogP contribution in [-0.2, 0) is 0 Å². The first kappa shape index (κ1) is 16.0. The van der Waals surface area contributed by atoms with E-state index in [4.69, 9.17) is 26.9 Å². The fourth-order valence-electron chi connectivity index (χ4n) is 1.84. The second kappa shape index (κ2) is 7.04. The van der Waals surface area contributed by atoms with Crippen molar-refractivity contribution in [3.05, 3.63) is 45.1 Å². The molecule has 0 aliphatic carbocycles. The average molecular weight is 374 g/mol. The predicted octanol–water partition coefficient (Wildman–Crippen LogP) is 2.46. The minimum Gasteiger partial charge on any atom is -0.480 e. The van der Waals surface area contributed by atoms with Crippen molar-refractivity contribution in [3.8, 4) is 11.8 Å². The summed E-state index contributed by atoms with van der Waals surface area (Å²) < 4.78 is 11.1. The summed E-state index contributed by atoms with van der Waals surface area (Å²) in [5, 5.41) is 0.613. The first-order valence-corrected chi connectivity index (χ1v) is 7.13. The lowest BCUT2D eigenvalue weighted by atomic mass is 10.0. The van der Waals surface area contributed by atoms with Crippen LogP contribution in [0.5, 0.6) is 11.8 Å². The zero-order valence-electron chi connectivity index (χ0n) is 11.4. The molecule has 1 heterocycles. The minimum absolute atomic E-state index is 0.336. The molecule has 0 aliphatic heterocycles. The van der Waals surface area contributed by atoms with Crippen LogP contribution in [0.25, 0.3) is 0 Å². The van der Waals surface area contributed by atoms with Crippen LogP contribution in [0, 0.1) is 0 Å². The number of rotatable bonds is 5. The van der Waals surface area contributed by atoms with Crippen molar-refractivity contribution in [2.24, 2.45) is 5.84 Å². The second-order valence-electron chi connectivity index (χ2n) is 4.08. The van der Waals surface area contributed by atoms with Crippen LogP contribution in [0.2, 0.25) is 5.02 Å². The first-order chi connectivity index (χ1) is 10.1. The van der Waals surface area contributed by atoms with Crippen molar-refractivity contribution in [3.63, 3.8) is 0 Å². The molecule has 3 N–H and O–H groups in total. The minimum atomic E-state index is -0.396. The smallest absolute Gasteiger partial charge is 0.240 e. The fraction of sp³-hybridized carbons (Fsp3) is 0.231. The molecule has 0 spiro atoms. The van der Waals surface area contributed by atoms with Crippen LogP contribution in [0.15, 0.2) is 28.9 Å². The standard InChI is InChI=1S/C13H14BrClN4O2/c1-20-10-6-17-12(13(18-10)21-2)11(19-16)7-3-4-9(15)8(14)5-7/h3-6,11,19H,16H2,1-2H3. The summed E-state index contributed by atoms with van der Waals surface area (Å²) in [4.78, 5) is 8.52. The third-order valence-electron chi connectivity index (χ3n) is 2.86. The van der Waals surface area contributed by atoms with Crippen LogP contribution >= 0.6 is 27.5 Å². The second-order valence-corrected chi connectivity index (χ2v) is 5.34. The van der Waals surface area contributed by atoms with Crippen molar-refractivity contribution in [2.45, 2.75) is 6.04 Å². The molecule has 1 atom stereocenters. The van der Waals surface area contributed by atoms with Gasteiger partial charge >= 0.3 is 0 Å². The van der Waals surface area contributed by atoms with Crippen LogP contribution in [0.3, 0.4) is 0 Å². The molecule has 2 aromatic rings. The van der Waals surface area contributed by atoms with Crippen molar-refractivity contribution < 1.29 is 9.47 Å². The van der Waals surface area contributed by atoms with E-state index in [-0.39, 0.29) is 0 Å². The molecular formula is C13H14BrClN4O2. The number of hydrazine groups is 1.